The first-order valence-corrected chi connectivity index (χ1v) is 7.69. The van der Waals surface area contributed by atoms with Gasteiger partial charge in [-0.05, 0) is 23.6 Å². The number of aryl methyl sites for hydroxylation is 1. The van der Waals surface area contributed by atoms with E-state index in [1.807, 2.05) is 17.5 Å². The molecule has 0 fully saturated rings. The fraction of sp³-hybridized carbons (Fsp3) is 0.143. The van der Waals surface area contributed by atoms with Crippen molar-refractivity contribution in [2.24, 2.45) is 0 Å². The molecule has 2 amide bonds. The van der Waals surface area contributed by atoms with Crippen LogP contribution in [0.5, 0.6) is 0 Å². The molecule has 3 rings (SSSR count). The molecule has 3 aromatic heterocycles. The van der Waals surface area contributed by atoms with Crippen molar-refractivity contribution in [2.75, 3.05) is 0 Å². The molecule has 0 aromatic carbocycles. The van der Waals surface area contributed by atoms with Crippen LogP contribution in [0.1, 0.15) is 22.8 Å². The maximum atomic E-state index is 11.7. The number of rotatable bonds is 5. The third-order valence-corrected chi connectivity index (χ3v) is 3.80. The van der Waals surface area contributed by atoms with Gasteiger partial charge in [0, 0.05) is 19.0 Å². The molecule has 9 heteroatoms. The van der Waals surface area contributed by atoms with Crippen LogP contribution in [-0.2, 0) is 11.2 Å². The van der Waals surface area contributed by atoms with Crippen molar-refractivity contribution in [1.82, 2.24) is 26.0 Å². The molecule has 0 saturated heterocycles. The fourth-order valence-electron chi connectivity index (χ4n) is 1.81. The molecule has 0 aliphatic rings. The van der Waals surface area contributed by atoms with Gasteiger partial charge in [0.1, 0.15) is 5.69 Å². The Morgan fingerprint density at radius 3 is 2.91 bits per heavy atom. The summed E-state index contributed by atoms with van der Waals surface area (Å²) in [5.74, 6) is 0.122. The normalized spacial score (nSPS) is 10.4. The number of hydrogen-bond acceptors (Lipinski definition) is 6. The molecule has 0 aliphatic heterocycles. The van der Waals surface area contributed by atoms with Crippen molar-refractivity contribution in [2.45, 2.75) is 12.8 Å². The number of aromatic nitrogens is 3. The van der Waals surface area contributed by atoms with E-state index in [2.05, 4.69) is 26.0 Å². The van der Waals surface area contributed by atoms with Gasteiger partial charge in [0.25, 0.3) is 5.91 Å². The quantitative estimate of drug-likeness (QED) is 0.614. The van der Waals surface area contributed by atoms with Crippen molar-refractivity contribution in [1.29, 1.82) is 0 Å². The Morgan fingerprint density at radius 1 is 1.26 bits per heavy atom. The molecular formula is C14H13N5O3S. The summed E-state index contributed by atoms with van der Waals surface area (Å²) < 4.78 is 5.10. The molecule has 0 aliphatic carbocycles. The van der Waals surface area contributed by atoms with Crippen LogP contribution in [0, 0.1) is 0 Å². The zero-order valence-corrected chi connectivity index (χ0v) is 12.7. The van der Waals surface area contributed by atoms with Gasteiger partial charge in [-0.3, -0.25) is 20.4 Å². The summed E-state index contributed by atoms with van der Waals surface area (Å²) >= 11 is 1.51. The highest BCUT2D eigenvalue weighted by molar-refractivity contribution is 7.13. The number of hydrogen-bond donors (Lipinski definition) is 3. The van der Waals surface area contributed by atoms with Crippen LogP contribution < -0.4 is 10.9 Å². The Bertz CT molecular complexity index is 779. The Morgan fingerprint density at radius 2 is 2.17 bits per heavy atom. The molecule has 0 unspecified atom stereocenters. The van der Waals surface area contributed by atoms with Crippen molar-refractivity contribution >= 4 is 23.2 Å². The monoisotopic (exact) mass is 331 g/mol. The molecular weight excluding hydrogens is 318 g/mol. The summed E-state index contributed by atoms with van der Waals surface area (Å²) in [6.45, 7) is 0. The summed E-state index contributed by atoms with van der Waals surface area (Å²) in [6, 6.07) is 7.09. The van der Waals surface area contributed by atoms with Gasteiger partial charge in [0.2, 0.25) is 17.6 Å². The molecule has 118 valence electrons. The molecule has 0 saturated carbocycles. The summed E-state index contributed by atoms with van der Waals surface area (Å²) in [5, 5.41) is 5.79. The van der Waals surface area contributed by atoms with Gasteiger partial charge in [-0.25, -0.2) is 0 Å². The minimum absolute atomic E-state index is 0.122. The van der Waals surface area contributed by atoms with Crippen LogP contribution >= 0.6 is 11.3 Å². The number of aromatic amines is 1. The van der Waals surface area contributed by atoms with Crippen LogP contribution in [0.15, 0.2) is 40.4 Å². The molecule has 3 N–H and O–H groups in total. The average Bonchev–Trinajstić information content (AvgIpc) is 3.32. The van der Waals surface area contributed by atoms with Gasteiger partial charge in [-0.1, -0.05) is 11.2 Å². The molecule has 0 spiro atoms. The second-order valence-corrected chi connectivity index (χ2v) is 5.52. The van der Waals surface area contributed by atoms with Crippen LogP contribution in [0.4, 0.5) is 0 Å². The highest BCUT2D eigenvalue weighted by Crippen LogP contribution is 2.21. The Labute approximate surface area is 134 Å². The lowest BCUT2D eigenvalue weighted by atomic mass is 10.3. The Kier molecular flexibility index (Phi) is 4.48. The van der Waals surface area contributed by atoms with E-state index in [1.165, 1.54) is 11.3 Å². The third kappa shape index (κ3) is 3.83. The van der Waals surface area contributed by atoms with E-state index in [0.717, 1.165) is 4.88 Å². The predicted molar refractivity (Wildman–Crippen MR) is 82.3 cm³/mol. The summed E-state index contributed by atoms with van der Waals surface area (Å²) in [7, 11) is 0. The van der Waals surface area contributed by atoms with Gasteiger partial charge in [0.05, 0.1) is 4.88 Å². The van der Waals surface area contributed by atoms with Crippen LogP contribution in [0.3, 0.4) is 0 Å². The van der Waals surface area contributed by atoms with Crippen molar-refractivity contribution in [3.63, 3.8) is 0 Å². The zero-order valence-electron chi connectivity index (χ0n) is 11.9. The van der Waals surface area contributed by atoms with E-state index < -0.39 is 5.91 Å². The molecule has 3 heterocycles. The Balaban J connectivity index is 1.45. The second kappa shape index (κ2) is 6.88. The highest BCUT2D eigenvalue weighted by Gasteiger charge is 2.12. The number of carbonyl (C=O) groups is 2. The van der Waals surface area contributed by atoms with Gasteiger partial charge >= 0.3 is 0 Å². The molecule has 8 nitrogen and oxygen atoms in total. The predicted octanol–water partition coefficient (Wildman–Crippen LogP) is 1.52. The van der Waals surface area contributed by atoms with E-state index in [9.17, 15) is 9.59 Å². The number of H-pyrrole nitrogens is 1. The standard InChI is InChI=1S/C14H13N5O3S/c20-11(17-18-14(21)9-3-1-7-15-9)5-6-12-16-13(19-22-12)10-4-2-8-23-10/h1-4,7-8,15H,5-6H2,(H,17,20)(H,18,21). The number of carbonyl (C=O) groups excluding carboxylic acids is 2. The average molecular weight is 331 g/mol. The van der Waals surface area contributed by atoms with Gasteiger partial charge in [0.15, 0.2) is 0 Å². The topological polar surface area (TPSA) is 113 Å². The fourth-order valence-corrected chi connectivity index (χ4v) is 2.46. The van der Waals surface area contributed by atoms with E-state index in [1.54, 1.807) is 18.3 Å². The summed E-state index contributed by atoms with van der Waals surface area (Å²) in [6.07, 6.45) is 2.04. The third-order valence-electron chi connectivity index (χ3n) is 2.93. The molecule has 0 bridgehead atoms. The van der Waals surface area contributed by atoms with Gasteiger partial charge in [-0.15, -0.1) is 11.3 Å². The lowest BCUT2D eigenvalue weighted by Gasteiger charge is -2.05. The highest BCUT2D eigenvalue weighted by atomic mass is 32.1. The lowest BCUT2D eigenvalue weighted by Crippen LogP contribution is -2.41. The largest absolute Gasteiger partial charge is 0.357 e. The van der Waals surface area contributed by atoms with E-state index in [4.69, 9.17) is 4.52 Å². The lowest BCUT2D eigenvalue weighted by molar-refractivity contribution is -0.121. The van der Waals surface area contributed by atoms with Crippen molar-refractivity contribution in [3.05, 3.63) is 47.4 Å². The minimum Gasteiger partial charge on any atom is -0.357 e. The minimum atomic E-state index is -0.416. The van der Waals surface area contributed by atoms with Crippen LogP contribution in [0.2, 0.25) is 0 Å². The maximum Gasteiger partial charge on any atom is 0.286 e. The number of amides is 2. The zero-order chi connectivity index (χ0) is 16.1. The second-order valence-electron chi connectivity index (χ2n) is 4.58. The number of nitrogens with zero attached hydrogens (tertiary/aromatic N) is 2. The number of hydrazine groups is 1. The van der Waals surface area contributed by atoms with E-state index in [-0.39, 0.29) is 12.3 Å². The summed E-state index contributed by atoms with van der Waals surface area (Å²) in [4.78, 5) is 31.2. The van der Waals surface area contributed by atoms with E-state index >= 15 is 0 Å². The first-order chi connectivity index (χ1) is 11.2. The number of nitrogens with one attached hydrogen (secondary N) is 3. The molecule has 0 atom stereocenters. The van der Waals surface area contributed by atoms with Crippen LogP contribution in [-0.4, -0.2) is 26.9 Å². The molecule has 3 aromatic rings. The first-order valence-electron chi connectivity index (χ1n) is 6.81. The summed E-state index contributed by atoms with van der Waals surface area (Å²) in [5.41, 5.74) is 5.01. The smallest absolute Gasteiger partial charge is 0.286 e. The first kappa shape index (κ1) is 15.0. The molecule has 23 heavy (non-hydrogen) atoms. The number of thiophene rings is 1. The SMILES string of the molecule is O=C(CCc1nc(-c2cccs2)no1)NNC(=O)c1ccc[nH]1. The van der Waals surface area contributed by atoms with Crippen LogP contribution in [0.25, 0.3) is 10.7 Å². The van der Waals surface area contributed by atoms with Gasteiger partial charge < -0.3 is 9.51 Å². The van der Waals surface area contributed by atoms with Crippen molar-refractivity contribution in [3.8, 4) is 10.7 Å². The van der Waals surface area contributed by atoms with Gasteiger partial charge in [-0.2, -0.15) is 4.98 Å². The van der Waals surface area contributed by atoms with Crippen molar-refractivity contribution < 1.29 is 14.1 Å². The van der Waals surface area contributed by atoms with E-state index in [0.29, 0.717) is 23.8 Å². The maximum absolute atomic E-state index is 11.7. The molecule has 0 radical (unpaired) electrons. The Hall–Kier alpha value is -2.94.